The molecule has 0 unspecified atom stereocenters. The van der Waals surface area contributed by atoms with Gasteiger partial charge in [-0.15, -0.1) is 0 Å². The Labute approximate surface area is 161 Å². The second kappa shape index (κ2) is 6.35. The van der Waals surface area contributed by atoms with Crippen molar-refractivity contribution in [1.82, 2.24) is 5.01 Å². The zero-order valence-electron chi connectivity index (χ0n) is 14.6. The second-order valence-electron chi connectivity index (χ2n) is 6.55. The van der Waals surface area contributed by atoms with Crippen molar-refractivity contribution < 1.29 is 13.9 Å². The SMILES string of the molecule is COc1cccc([C@H]2Oc3ccc(Cl)cc3[C@H]3CC(c4ccco4)=NN32)c1. The van der Waals surface area contributed by atoms with Crippen molar-refractivity contribution in [1.29, 1.82) is 0 Å². The van der Waals surface area contributed by atoms with Gasteiger partial charge in [-0.1, -0.05) is 23.7 Å². The molecule has 3 heterocycles. The predicted octanol–water partition coefficient (Wildman–Crippen LogP) is 5.18. The van der Waals surface area contributed by atoms with Crippen molar-refractivity contribution >= 4 is 17.3 Å². The van der Waals surface area contributed by atoms with Gasteiger partial charge < -0.3 is 13.9 Å². The van der Waals surface area contributed by atoms with E-state index in [1.807, 2.05) is 59.6 Å². The van der Waals surface area contributed by atoms with Crippen LogP contribution in [0.4, 0.5) is 0 Å². The third kappa shape index (κ3) is 2.75. The van der Waals surface area contributed by atoms with E-state index >= 15 is 0 Å². The average molecular weight is 381 g/mol. The van der Waals surface area contributed by atoms with Crippen LogP contribution >= 0.6 is 11.6 Å². The number of nitrogens with zero attached hydrogens (tertiary/aromatic N) is 2. The first kappa shape index (κ1) is 16.3. The standard InChI is InChI=1S/C21H17ClN2O3/c1-25-15-5-2-4-13(10-15)21-24-18(12-17(23-24)20-6-3-9-26-20)16-11-14(22)7-8-19(16)27-21/h2-11,18,21H,12H2,1H3/t18-,21-/m1/s1. The molecule has 0 N–H and O–H groups in total. The quantitative estimate of drug-likeness (QED) is 0.627. The molecule has 5 rings (SSSR count). The molecule has 0 saturated carbocycles. The molecule has 0 bridgehead atoms. The number of hydrazone groups is 1. The molecule has 0 radical (unpaired) electrons. The van der Waals surface area contributed by atoms with Crippen molar-refractivity contribution in [2.45, 2.75) is 18.7 Å². The van der Waals surface area contributed by atoms with Crippen LogP contribution < -0.4 is 9.47 Å². The van der Waals surface area contributed by atoms with Gasteiger partial charge in [-0.2, -0.15) is 5.10 Å². The summed E-state index contributed by atoms with van der Waals surface area (Å²) in [4.78, 5) is 0. The molecule has 2 aromatic carbocycles. The zero-order chi connectivity index (χ0) is 18.4. The molecule has 2 atom stereocenters. The summed E-state index contributed by atoms with van der Waals surface area (Å²) in [7, 11) is 1.66. The maximum atomic E-state index is 6.33. The maximum absolute atomic E-state index is 6.33. The van der Waals surface area contributed by atoms with E-state index < -0.39 is 0 Å². The van der Waals surface area contributed by atoms with Crippen LogP contribution in [-0.4, -0.2) is 17.8 Å². The number of benzene rings is 2. The van der Waals surface area contributed by atoms with Crippen LogP contribution in [0.3, 0.4) is 0 Å². The summed E-state index contributed by atoms with van der Waals surface area (Å²) in [5, 5.41) is 7.52. The van der Waals surface area contributed by atoms with Gasteiger partial charge in [0.2, 0.25) is 6.23 Å². The average Bonchev–Trinajstić information content (AvgIpc) is 3.37. The first-order chi connectivity index (χ1) is 13.2. The molecule has 136 valence electrons. The lowest BCUT2D eigenvalue weighted by atomic mass is 9.97. The highest BCUT2D eigenvalue weighted by molar-refractivity contribution is 6.30. The highest BCUT2D eigenvalue weighted by Crippen LogP contribution is 2.48. The van der Waals surface area contributed by atoms with Gasteiger partial charge in [0.05, 0.1) is 19.4 Å². The number of rotatable bonds is 3. The Balaban J connectivity index is 1.61. The Hall–Kier alpha value is -2.92. The number of ether oxygens (including phenoxy) is 2. The molecular formula is C21H17ClN2O3. The summed E-state index contributed by atoms with van der Waals surface area (Å²) in [5.41, 5.74) is 2.91. The normalized spacial score (nSPS) is 20.5. The molecule has 27 heavy (non-hydrogen) atoms. The third-order valence-corrected chi connectivity index (χ3v) is 5.17. The number of halogens is 1. The predicted molar refractivity (Wildman–Crippen MR) is 102 cm³/mol. The van der Waals surface area contributed by atoms with Gasteiger partial charge in [0.25, 0.3) is 0 Å². The number of furan rings is 1. The molecule has 0 saturated heterocycles. The van der Waals surface area contributed by atoms with E-state index in [0.717, 1.165) is 40.5 Å². The van der Waals surface area contributed by atoms with E-state index in [4.69, 9.17) is 30.6 Å². The smallest absolute Gasteiger partial charge is 0.214 e. The van der Waals surface area contributed by atoms with E-state index in [1.54, 1.807) is 13.4 Å². The number of fused-ring (bicyclic) bond motifs is 3. The summed E-state index contributed by atoms with van der Waals surface area (Å²) in [6.45, 7) is 0. The molecule has 5 nitrogen and oxygen atoms in total. The van der Waals surface area contributed by atoms with Gasteiger partial charge in [0.1, 0.15) is 23.0 Å². The minimum atomic E-state index is -0.355. The first-order valence-electron chi connectivity index (χ1n) is 8.72. The molecule has 2 aliphatic rings. The van der Waals surface area contributed by atoms with Crippen LogP contribution in [0.1, 0.15) is 35.6 Å². The lowest BCUT2D eigenvalue weighted by Gasteiger charge is -2.38. The van der Waals surface area contributed by atoms with E-state index in [2.05, 4.69) is 0 Å². The van der Waals surface area contributed by atoms with Crippen LogP contribution in [0.25, 0.3) is 0 Å². The van der Waals surface area contributed by atoms with Crippen molar-refractivity contribution in [3.8, 4) is 11.5 Å². The van der Waals surface area contributed by atoms with Gasteiger partial charge in [-0.05, 0) is 42.5 Å². The van der Waals surface area contributed by atoms with Crippen LogP contribution in [0, 0.1) is 0 Å². The summed E-state index contributed by atoms with van der Waals surface area (Å²) >= 11 is 6.25. The molecular weight excluding hydrogens is 364 g/mol. The Morgan fingerprint density at radius 3 is 2.89 bits per heavy atom. The van der Waals surface area contributed by atoms with Crippen LogP contribution in [0.2, 0.25) is 5.02 Å². The second-order valence-corrected chi connectivity index (χ2v) is 6.99. The first-order valence-corrected chi connectivity index (χ1v) is 9.10. The van der Waals surface area contributed by atoms with Gasteiger partial charge in [0.15, 0.2) is 0 Å². The molecule has 3 aromatic rings. The molecule has 0 aliphatic carbocycles. The lowest BCUT2D eigenvalue weighted by Crippen LogP contribution is -2.33. The molecule has 2 aliphatic heterocycles. The highest BCUT2D eigenvalue weighted by atomic mass is 35.5. The van der Waals surface area contributed by atoms with E-state index in [1.165, 1.54) is 0 Å². The monoisotopic (exact) mass is 380 g/mol. The molecule has 0 spiro atoms. The minimum absolute atomic E-state index is 0.0313. The summed E-state index contributed by atoms with van der Waals surface area (Å²) in [5.74, 6) is 2.38. The Bertz CT molecular complexity index is 1020. The summed E-state index contributed by atoms with van der Waals surface area (Å²) < 4.78 is 17.3. The van der Waals surface area contributed by atoms with Crippen molar-refractivity contribution in [3.63, 3.8) is 0 Å². The molecule has 0 fully saturated rings. The number of hydrogen-bond donors (Lipinski definition) is 0. The van der Waals surface area contributed by atoms with Crippen molar-refractivity contribution in [2.24, 2.45) is 5.10 Å². The fourth-order valence-corrected chi connectivity index (χ4v) is 3.85. The van der Waals surface area contributed by atoms with Crippen LogP contribution in [-0.2, 0) is 0 Å². The van der Waals surface area contributed by atoms with Crippen molar-refractivity contribution in [3.05, 3.63) is 82.8 Å². The Morgan fingerprint density at radius 1 is 1.15 bits per heavy atom. The van der Waals surface area contributed by atoms with Gasteiger partial charge >= 0.3 is 0 Å². The molecule has 0 amide bonds. The molecule has 6 heteroatoms. The highest BCUT2D eigenvalue weighted by Gasteiger charge is 2.41. The minimum Gasteiger partial charge on any atom is -0.497 e. The van der Waals surface area contributed by atoms with Crippen LogP contribution in [0.5, 0.6) is 11.5 Å². The Kier molecular flexibility index (Phi) is 3.83. The van der Waals surface area contributed by atoms with E-state index in [-0.39, 0.29) is 12.3 Å². The lowest BCUT2D eigenvalue weighted by molar-refractivity contribution is -0.0191. The summed E-state index contributed by atoms with van der Waals surface area (Å²) in [6.07, 6.45) is 2.03. The van der Waals surface area contributed by atoms with Crippen LogP contribution in [0.15, 0.2) is 70.4 Å². The van der Waals surface area contributed by atoms with E-state index in [9.17, 15) is 0 Å². The molecule has 1 aromatic heterocycles. The van der Waals surface area contributed by atoms with Gasteiger partial charge in [-0.3, -0.25) is 0 Å². The number of hydrogen-bond acceptors (Lipinski definition) is 5. The fourth-order valence-electron chi connectivity index (χ4n) is 3.66. The third-order valence-electron chi connectivity index (χ3n) is 4.94. The number of methoxy groups -OCH3 is 1. The van der Waals surface area contributed by atoms with Gasteiger partial charge in [-0.25, -0.2) is 5.01 Å². The van der Waals surface area contributed by atoms with Crippen molar-refractivity contribution in [2.75, 3.05) is 7.11 Å². The van der Waals surface area contributed by atoms with Gasteiger partial charge in [0, 0.05) is 22.6 Å². The summed E-state index contributed by atoms with van der Waals surface area (Å²) in [6, 6.07) is 17.4. The zero-order valence-corrected chi connectivity index (χ0v) is 15.4. The maximum Gasteiger partial charge on any atom is 0.214 e. The fraction of sp³-hybridized carbons (Fsp3) is 0.190. The Morgan fingerprint density at radius 2 is 2.07 bits per heavy atom. The largest absolute Gasteiger partial charge is 0.497 e. The van der Waals surface area contributed by atoms with E-state index in [0.29, 0.717) is 5.02 Å². The topological polar surface area (TPSA) is 47.2 Å².